The molecule has 2 heteroatoms. The molecule has 24 valence electrons. The van der Waals surface area contributed by atoms with Crippen molar-refractivity contribution in [1.29, 1.82) is 0 Å². The maximum Gasteiger partial charge on any atom is -1.00 e. The Hall–Kier alpha value is -0.00506. The fraction of sp³-hybridized carbons (Fsp3) is 1.00. The van der Waals surface area contributed by atoms with E-state index < -0.39 is 0 Å². The third-order valence-corrected chi connectivity index (χ3v) is 0. The van der Waals surface area contributed by atoms with E-state index in [2.05, 4.69) is 0 Å². The Balaban J connectivity index is 0. The molecule has 0 amide bonds. The Morgan fingerprint density at radius 2 is 1.25 bits per heavy atom. The van der Waals surface area contributed by atoms with Crippen LogP contribution in [0.5, 0.6) is 0 Å². The van der Waals surface area contributed by atoms with Crippen molar-refractivity contribution in [3.8, 4) is 0 Å². The Labute approximate surface area is 26.8 Å². The smallest absolute Gasteiger partial charge is 1.00 e. The Morgan fingerprint density at radius 1 is 1.25 bits per heavy atom. The molecule has 0 nitrogen and oxygen atoms in total. The number of halogens is 1. The molecule has 0 aliphatic heterocycles. The van der Waals surface area contributed by atoms with Crippen molar-refractivity contribution in [3.05, 3.63) is 0 Å². The molecule has 0 radical (unpaired) electrons. The summed E-state index contributed by atoms with van der Waals surface area (Å²) >= 11 is 0. The molecule has 0 rings (SSSR count). The molecular formula is C2H6BF. The predicted molar refractivity (Wildman–Crippen MR) is 17.5 cm³/mol. The molecule has 0 aromatic heterocycles. The topological polar surface area (TPSA) is 0 Å². The molecule has 0 bridgehead atoms. The third kappa shape index (κ3) is 77000. The van der Waals surface area contributed by atoms with Crippen LogP contribution in [0.25, 0.3) is 0 Å². The molecule has 0 atom stereocenters. The van der Waals surface area contributed by atoms with Gasteiger partial charge in [0.15, 0.2) is 0 Å². The van der Waals surface area contributed by atoms with Crippen LogP contribution in [-0.2, 0) is 0 Å². The van der Waals surface area contributed by atoms with Crippen LogP contribution >= 0.6 is 0 Å². The Morgan fingerprint density at radius 3 is 1.25 bits per heavy atom. The van der Waals surface area contributed by atoms with Crippen LogP contribution in [0.1, 0.15) is 0 Å². The summed E-state index contributed by atoms with van der Waals surface area (Å²) in [6.07, 6.45) is 0. The van der Waals surface area contributed by atoms with Crippen molar-refractivity contribution in [2.75, 3.05) is 0 Å². The van der Waals surface area contributed by atoms with Crippen LogP contribution in [0.3, 0.4) is 0 Å². The first-order chi connectivity index (χ1) is 1.41. The first-order valence-electron chi connectivity index (χ1n) is 1.15. The zero-order valence-corrected chi connectivity index (χ0v) is 2.96. The molecule has 0 unspecified atom stereocenters. The standard InChI is InChI=1S/C2H6B.FH/c1-3-2;/h1-2H3;1H/q+1;/p-1. The van der Waals surface area contributed by atoms with E-state index in [0.717, 1.165) is 0 Å². The first-order valence-corrected chi connectivity index (χ1v) is 1.15. The van der Waals surface area contributed by atoms with Crippen LogP contribution in [0, 0.1) is 0 Å². The molecule has 0 aromatic rings. The quantitative estimate of drug-likeness (QED) is 0.278. The summed E-state index contributed by atoms with van der Waals surface area (Å²) in [6, 6.07) is 0. The number of hydrogen-bond acceptors (Lipinski definition) is 0. The van der Waals surface area contributed by atoms with E-state index in [1.807, 2.05) is 20.9 Å². The molecule has 0 aliphatic rings. The summed E-state index contributed by atoms with van der Waals surface area (Å²) in [6.45, 7) is 4.00. The van der Waals surface area contributed by atoms with Crippen molar-refractivity contribution >= 4 is 7.28 Å². The van der Waals surface area contributed by atoms with Gasteiger partial charge < -0.3 is 4.70 Å². The van der Waals surface area contributed by atoms with Crippen molar-refractivity contribution in [2.45, 2.75) is 13.6 Å². The minimum absolute atomic E-state index is 0. The van der Waals surface area contributed by atoms with E-state index in [9.17, 15) is 0 Å². The van der Waals surface area contributed by atoms with E-state index in [-0.39, 0.29) is 4.70 Å². The molecule has 0 saturated carbocycles. The summed E-state index contributed by atoms with van der Waals surface area (Å²) in [5.74, 6) is 0. The fourth-order valence-corrected chi connectivity index (χ4v) is 0. The maximum atomic E-state index is 2.00. The third-order valence-electron chi connectivity index (χ3n) is 0. The average molecular weight is 59.9 g/mol. The molecule has 0 aliphatic carbocycles. The molecule has 0 saturated heterocycles. The van der Waals surface area contributed by atoms with Crippen LogP contribution in [0.2, 0.25) is 13.6 Å². The summed E-state index contributed by atoms with van der Waals surface area (Å²) in [5.41, 5.74) is 0. The van der Waals surface area contributed by atoms with Crippen molar-refractivity contribution in [2.24, 2.45) is 0 Å². The molecule has 0 N–H and O–H groups in total. The normalized spacial score (nSPS) is 2.50. The van der Waals surface area contributed by atoms with Crippen LogP contribution < -0.4 is 4.70 Å². The van der Waals surface area contributed by atoms with Gasteiger partial charge in [0.05, 0.1) is 0 Å². The van der Waals surface area contributed by atoms with Gasteiger partial charge in [0, 0.05) is 0 Å². The van der Waals surface area contributed by atoms with Crippen LogP contribution in [0.4, 0.5) is 0 Å². The van der Waals surface area contributed by atoms with Crippen molar-refractivity contribution in [1.82, 2.24) is 0 Å². The molecule has 0 aromatic carbocycles. The summed E-state index contributed by atoms with van der Waals surface area (Å²) in [5, 5.41) is 0. The van der Waals surface area contributed by atoms with Gasteiger partial charge in [0.2, 0.25) is 0 Å². The molecular weight excluding hydrogens is 53.8 g/mol. The van der Waals surface area contributed by atoms with E-state index in [0.29, 0.717) is 0 Å². The maximum absolute atomic E-state index is 2.00. The van der Waals surface area contributed by atoms with Gasteiger partial charge in [-0.3, -0.25) is 0 Å². The monoisotopic (exact) mass is 60.1 g/mol. The van der Waals surface area contributed by atoms with Gasteiger partial charge in [0.25, 0.3) is 0 Å². The van der Waals surface area contributed by atoms with E-state index >= 15 is 0 Å². The van der Waals surface area contributed by atoms with Gasteiger partial charge in [-0.05, 0) is 0 Å². The van der Waals surface area contributed by atoms with Gasteiger partial charge >= 0.3 is 20.9 Å². The fourth-order valence-electron chi connectivity index (χ4n) is 0. The SMILES string of the molecule is C[B+]C.[F-]. The summed E-state index contributed by atoms with van der Waals surface area (Å²) in [7, 11) is 2.00. The Bertz CT molecular complexity index is 6.00. The van der Waals surface area contributed by atoms with E-state index in [1.54, 1.807) is 0 Å². The van der Waals surface area contributed by atoms with Gasteiger partial charge in [-0.1, -0.05) is 0 Å². The second-order valence-electron chi connectivity index (χ2n) is 0.577. The van der Waals surface area contributed by atoms with Crippen LogP contribution in [-0.4, -0.2) is 7.28 Å². The van der Waals surface area contributed by atoms with Gasteiger partial charge in [-0.2, -0.15) is 0 Å². The van der Waals surface area contributed by atoms with Crippen molar-refractivity contribution < 1.29 is 4.70 Å². The largest absolute Gasteiger partial charge is 1.00 e. The zero-order chi connectivity index (χ0) is 2.71. The molecule has 0 fully saturated rings. The zero-order valence-electron chi connectivity index (χ0n) is 2.96. The minimum atomic E-state index is 0. The minimum Gasteiger partial charge on any atom is -1.00 e. The summed E-state index contributed by atoms with van der Waals surface area (Å²) < 4.78 is 0. The predicted octanol–water partition coefficient (Wildman–Crippen LogP) is -2.21. The van der Waals surface area contributed by atoms with Crippen molar-refractivity contribution in [3.63, 3.8) is 0 Å². The van der Waals surface area contributed by atoms with Gasteiger partial charge in [-0.15, -0.1) is 0 Å². The first kappa shape index (κ1) is 9.00. The van der Waals surface area contributed by atoms with E-state index in [1.165, 1.54) is 0 Å². The Kier molecular flexibility index (Phi) is 27.1. The number of rotatable bonds is 0. The second-order valence-corrected chi connectivity index (χ2v) is 0.577. The summed E-state index contributed by atoms with van der Waals surface area (Å²) in [4.78, 5) is 0. The van der Waals surface area contributed by atoms with E-state index in [4.69, 9.17) is 0 Å². The van der Waals surface area contributed by atoms with Gasteiger partial charge in [-0.25, -0.2) is 0 Å². The molecule has 0 spiro atoms. The number of hydrogen-bond donors (Lipinski definition) is 0. The van der Waals surface area contributed by atoms with Gasteiger partial charge in [0.1, 0.15) is 0 Å². The second kappa shape index (κ2) is 12.0. The molecule has 4 heavy (non-hydrogen) atoms. The average Bonchev–Trinajstić information content (AvgIpc) is 0.918. The molecule has 0 heterocycles. The van der Waals surface area contributed by atoms with Crippen LogP contribution in [0.15, 0.2) is 0 Å².